The molecule has 0 saturated heterocycles. The normalized spacial score (nSPS) is 14.2. The Morgan fingerprint density at radius 2 is 1.94 bits per heavy atom. The average Bonchev–Trinajstić information content (AvgIpc) is 2.79. The Morgan fingerprint density at radius 3 is 2.69 bits per heavy atom. The second kappa shape index (κ2) is 10.0. The van der Waals surface area contributed by atoms with Gasteiger partial charge >= 0.3 is 0 Å². The molecule has 1 saturated carbocycles. The zero-order chi connectivity index (χ0) is 22.5. The minimum atomic E-state index is -0.543. The number of hydrogen-bond donors (Lipinski definition) is 3. The van der Waals surface area contributed by atoms with Gasteiger partial charge in [0.25, 0.3) is 5.91 Å². The standard InChI is InChI=1S/C25H26ClFN4O/c26-22-15-30-24(31-19-7-2-1-3-8-19)13-21(22)17-9-10-20(25(28)32)23(12-17)29-14-16-5-4-6-18(27)11-16/h4-6,9-13,15,19,29H,1-3,7-8,14H2,(H2,28,32)(H,30,31). The van der Waals surface area contributed by atoms with Crippen molar-refractivity contribution in [2.45, 2.75) is 44.7 Å². The van der Waals surface area contributed by atoms with Crippen molar-refractivity contribution in [3.8, 4) is 11.1 Å². The van der Waals surface area contributed by atoms with Crippen LogP contribution in [0, 0.1) is 5.82 Å². The van der Waals surface area contributed by atoms with Crippen molar-refractivity contribution in [3.63, 3.8) is 0 Å². The lowest BCUT2D eigenvalue weighted by Gasteiger charge is -2.23. The third-order valence-electron chi connectivity index (χ3n) is 5.78. The Labute approximate surface area is 192 Å². The number of nitrogens with one attached hydrogen (secondary N) is 2. The van der Waals surface area contributed by atoms with Crippen LogP contribution in [0.4, 0.5) is 15.9 Å². The van der Waals surface area contributed by atoms with Gasteiger partial charge in [-0.05, 0) is 54.3 Å². The van der Waals surface area contributed by atoms with Crippen LogP contribution in [0.25, 0.3) is 11.1 Å². The smallest absolute Gasteiger partial charge is 0.250 e. The predicted octanol–water partition coefficient (Wildman–Crippen LogP) is 6.00. The topological polar surface area (TPSA) is 80.0 Å². The van der Waals surface area contributed by atoms with Crippen LogP contribution in [0.15, 0.2) is 54.7 Å². The summed E-state index contributed by atoms with van der Waals surface area (Å²) in [6.07, 6.45) is 7.67. The van der Waals surface area contributed by atoms with E-state index < -0.39 is 5.91 Å². The first-order valence-corrected chi connectivity index (χ1v) is 11.2. The van der Waals surface area contributed by atoms with Crippen LogP contribution >= 0.6 is 11.6 Å². The molecule has 32 heavy (non-hydrogen) atoms. The van der Waals surface area contributed by atoms with Crippen molar-refractivity contribution in [1.82, 2.24) is 4.98 Å². The van der Waals surface area contributed by atoms with E-state index in [-0.39, 0.29) is 5.82 Å². The van der Waals surface area contributed by atoms with Crippen molar-refractivity contribution in [2.75, 3.05) is 10.6 Å². The molecular formula is C25H26ClFN4O. The molecule has 0 aliphatic heterocycles. The van der Waals surface area contributed by atoms with Crippen LogP contribution in [0.2, 0.25) is 5.02 Å². The highest BCUT2D eigenvalue weighted by Gasteiger charge is 2.16. The first kappa shape index (κ1) is 22.1. The van der Waals surface area contributed by atoms with Crippen LogP contribution < -0.4 is 16.4 Å². The van der Waals surface area contributed by atoms with Crippen molar-refractivity contribution in [3.05, 3.63) is 76.7 Å². The molecule has 1 aliphatic rings. The molecule has 1 fully saturated rings. The Kier molecular flexibility index (Phi) is 6.90. The summed E-state index contributed by atoms with van der Waals surface area (Å²) in [5.74, 6) is -0.0712. The second-order valence-corrected chi connectivity index (χ2v) is 8.54. The lowest BCUT2D eigenvalue weighted by molar-refractivity contribution is 0.100. The summed E-state index contributed by atoms with van der Waals surface area (Å²) in [7, 11) is 0. The Hall–Kier alpha value is -3.12. The number of halogens is 2. The molecule has 0 radical (unpaired) electrons. The first-order valence-electron chi connectivity index (χ1n) is 10.8. The predicted molar refractivity (Wildman–Crippen MR) is 127 cm³/mol. The molecule has 1 aliphatic carbocycles. The fraction of sp³-hybridized carbons (Fsp3) is 0.280. The van der Waals surface area contributed by atoms with E-state index in [0.29, 0.717) is 28.9 Å². The van der Waals surface area contributed by atoms with E-state index in [1.165, 1.54) is 31.4 Å². The number of benzene rings is 2. The van der Waals surface area contributed by atoms with Gasteiger partial charge in [0.1, 0.15) is 11.6 Å². The molecule has 5 nitrogen and oxygen atoms in total. The number of carbonyl (C=O) groups excluding carboxylic acids is 1. The summed E-state index contributed by atoms with van der Waals surface area (Å²) in [6, 6.07) is 14.0. The number of nitrogens with two attached hydrogens (primary N) is 1. The zero-order valence-electron chi connectivity index (χ0n) is 17.7. The molecule has 7 heteroatoms. The third-order valence-corrected chi connectivity index (χ3v) is 6.08. The summed E-state index contributed by atoms with van der Waals surface area (Å²) in [5.41, 5.74) is 8.89. The highest BCUT2D eigenvalue weighted by molar-refractivity contribution is 6.33. The number of rotatable bonds is 7. The van der Waals surface area contributed by atoms with Gasteiger partial charge in [0.05, 0.1) is 10.6 Å². The fourth-order valence-corrected chi connectivity index (χ4v) is 4.32. The van der Waals surface area contributed by atoms with E-state index in [1.807, 2.05) is 24.3 Å². The van der Waals surface area contributed by atoms with Gasteiger partial charge in [-0.25, -0.2) is 9.37 Å². The Balaban J connectivity index is 1.61. The minimum absolute atomic E-state index is 0.310. The van der Waals surface area contributed by atoms with Gasteiger partial charge in [-0.1, -0.05) is 49.1 Å². The number of pyridine rings is 1. The van der Waals surface area contributed by atoms with Gasteiger partial charge in [-0.2, -0.15) is 0 Å². The maximum absolute atomic E-state index is 13.5. The molecule has 4 N–H and O–H groups in total. The van der Waals surface area contributed by atoms with E-state index >= 15 is 0 Å². The second-order valence-electron chi connectivity index (χ2n) is 8.14. The van der Waals surface area contributed by atoms with E-state index in [0.717, 1.165) is 35.3 Å². The van der Waals surface area contributed by atoms with Crippen molar-refractivity contribution in [2.24, 2.45) is 5.73 Å². The van der Waals surface area contributed by atoms with Gasteiger partial charge < -0.3 is 16.4 Å². The molecule has 0 unspecified atom stereocenters. The maximum Gasteiger partial charge on any atom is 0.250 e. The van der Waals surface area contributed by atoms with Gasteiger partial charge in [-0.3, -0.25) is 4.79 Å². The minimum Gasteiger partial charge on any atom is -0.380 e. The molecule has 2 aromatic carbocycles. The number of primary amides is 1. The lowest BCUT2D eigenvalue weighted by Crippen LogP contribution is -2.22. The number of amides is 1. The third kappa shape index (κ3) is 5.37. The van der Waals surface area contributed by atoms with Crippen molar-refractivity contribution < 1.29 is 9.18 Å². The molecule has 1 aromatic heterocycles. The Morgan fingerprint density at radius 1 is 1.12 bits per heavy atom. The quantitative estimate of drug-likeness (QED) is 0.411. The van der Waals surface area contributed by atoms with Crippen LogP contribution in [-0.2, 0) is 6.54 Å². The Bertz CT molecular complexity index is 1110. The number of anilines is 2. The molecule has 4 rings (SSSR count). The molecule has 0 atom stereocenters. The molecule has 0 spiro atoms. The summed E-state index contributed by atoms with van der Waals surface area (Å²) in [4.78, 5) is 16.4. The van der Waals surface area contributed by atoms with Crippen molar-refractivity contribution >= 4 is 29.0 Å². The number of nitrogens with zero attached hydrogens (tertiary/aromatic N) is 1. The highest BCUT2D eigenvalue weighted by Crippen LogP contribution is 2.33. The van der Waals surface area contributed by atoms with Crippen molar-refractivity contribution in [1.29, 1.82) is 0 Å². The summed E-state index contributed by atoms with van der Waals surface area (Å²) < 4.78 is 13.5. The van der Waals surface area contributed by atoms with E-state index in [2.05, 4.69) is 15.6 Å². The summed E-state index contributed by atoms with van der Waals surface area (Å²) >= 11 is 6.47. The van der Waals surface area contributed by atoms with Gasteiger partial charge in [0, 0.05) is 30.0 Å². The maximum atomic E-state index is 13.5. The van der Waals surface area contributed by atoms with Crippen LogP contribution in [0.5, 0.6) is 0 Å². The molecule has 166 valence electrons. The van der Waals surface area contributed by atoms with E-state index in [1.54, 1.807) is 18.3 Å². The van der Waals surface area contributed by atoms with Crippen LogP contribution in [0.3, 0.4) is 0 Å². The molecule has 1 amide bonds. The largest absolute Gasteiger partial charge is 0.380 e. The van der Waals surface area contributed by atoms with Gasteiger partial charge in [-0.15, -0.1) is 0 Å². The van der Waals surface area contributed by atoms with Gasteiger partial charge in [0.15, 0.2) is 0 Å². The molecule has 3 aromatic rings. The monoisotopic (exact) mass is 452 g/mol. The first-order chi connectivity index (χ1) is 15.5. The average molecular weight is 453 g/mol. The van der Waals surface area contributed by atoms with Crippen LogP contribution in [-0.4, -0.2) is 16.9 Å². The number of hydrogen-bond acceptors (Lipinski definition) is 4. The molecular weight excluding hydrogens is 427 g/mol. The lowest BCUT2D eigenvalue weighted by atomic mass is 9.95. The SMILES string of the molecule is NC(=O)c1ccc(-c2cc(NC3CCCCC3)ncc2Cl)cc1NCc1cccc(F)c1. The fourth-order valence-electron chi connectivity index (χ4n) is 4.11. The van der Waals surface area contributed by atoms with E-state index in [9.17, 15) is 9.18 Å². The van der Waals surface area contributed by atoms with Gasteiger partial charge in [0.2, 0.25) is 0 Å². The molecule has 0 bridgehead atoms. The number of aromatic nitrogens is 1. The zero-order valence-corrected chi connectivity index (χ0v) is 18.5. The summed E-state index contributed by atoms with van der Waals surface area (Å²) in [5, 5.41) is 7.24. The highest BCUT2D eigenvalue weighted by atomic mass is 35.5. The van der Waals surface area contributed by atoms with E-state index in [4.69, 9.17) is 17.3 Å². The molecule has 1 heterocycles. The van der Waals surface area contributed by atoms with Crippen LogP contribution in [0.1, 0.15) is 48.0 Å². The number of carbonyl (C=O) groups is 1. The summed E-state index contributed by atoms with van der Waals surface area (Å²) in [6.45, 7) is 0.347.